The van der Waals surface area contributed by atoms with E-state index in [2.05, 4.69) is 38.1 Å². The third-order valence-corrected chi connectivity index (χ3v) is 5.17. The molecule has 0 heterocycles. The normalized spacial score (nSPS) is 37.9. The van der Waals surface area contributed by atoms with Crippen molar-refractivity contribution in [1.82, 2.24) is 0 Å². The highest BCUT2D eigenvalue weighted by Crippen LogP contribution is 2.67. The van der Waals surface area contributed by atoms with Gasteiger partial charge in [0.05, 0.1) is 12.5 Å². The van der Waals surface area contributed by atoms with Gasteiger partial charge in [-0.25, -0.2) is 0 Å². The van der Waals surface area contributed by atoms with Crippen LogP contribution >= 0.6 is 0 Å². The maximum absolute atomic E-state index is 12.3. The van der Waals surface area contributed by atoms with Crippen molar-refractivity contribution in [2.24, 2.45) is 11.3 Å². The largest absolute Gasteiger partial charge is 0.469 e. The summed E-state index contributed by atoms with van der Waals surface area (Å²) in [7, 11) is 1.51. The first-order valence-electron chi connectivity index (χ1n) is 6.23. The SMILES string of the molecule is COC(=O)[C@]12Cc3ccccc3[C@@]1(C)C[C@@H]2C. The van der Waals surface area contributed by atoms with E-state index in [4.69, 9.17) is 4.74 Å². The molecular weight excluding hydrogens is 212 g/mol. The Kier molecular flexibility index (Phi) is 1.99. The van der Waals surface area contributed by atoms with E-state index in [0.717, 1.165) is 12.8 Å². The minimum atomic E-state index is -0.314. The molecule has 2 aliphatic carbocycles. The molecule has 17 heavy (non-hydrogen) atoms. The highest BCUT2D eigenvalue weighted by atomic mass is 16.5. The van der Waals surface area contributed by atoms with Crippen molar-refractivity contribution in [1.29, 1.82) is 0 Å². The van der Waals surface area contributed by atoms with Crippen LogP contribution in [0.1, 0.15) is 31.4 Å². The molecule has 0 unspecified atom stereocenters. The van der Waals surface area contributed by atoms with E-state index in [1.54, 1.807) is 0 Å². The molecule has 0 saturated heterocycles. The number of ether oxygens (including phenoxy) is 1. The first-order valence-corrected chi connectivity index (χ1v) is 6.23. The van der Waals surface area contributed by atoms with E-state index in [1.807, 2.05) is 0 Å². The van der Waals surface area contributed by atoms with Gasteiger partial charge in [-0.1, -0.05) is 38.1 Å². The zero-order valence-electron chi connectivity index (χ0n) is 10.6. The van der Waals surface area contributed by atoms with Gasteiger partial charge in [0.1, 0.15) is 0 Å². The average molecular weight is 230 g/mol. The second-order valence-corrected chi connectivity index (χ2v) is 5.73. The summed E-state index contributed by atoms with van der Waals surface area (Å²) in [6, 6.07) is 8.45. The van der Waals surface area contributed by atoms with Gasteiger partial charge in [0.25, 0.3) is 0 Å². The Morgan fingerprint density at radius 1 is 1.41 bits per heavy atom. The molecule has 90 valence electrons. The number of benzene rings is 1. The molecule has 1 aromatic rings. The minimum absolute atomic E-state index is 0.0178. The molecule has 0 aromatic heterocycles. The fourth-order valence-electron chi connectivity index (χ4n) is 4.29. The molecule has 0 amide bonds. The second-order valence-electron chi connectivity index (χ2n) is 5.73. The first kappa shape index (κ1) is 10.8. The quantitative estimate of drug-likeness (QED) is 0.693. The third-order valence-electron chi connectivity index (χ3n) is 5.17. The van der Waals surface area contributed by atoms with Crippen LogP contribution in [0.25, 0.3) is 0 Å². The Balaban J connectivity index is 2.16. The number of esters is 1. The fraction of sp³-hybridized carbons (Fsp3) is 0.533. The van der Waals surface area contributed by atoms with Crippen LogP contribution in [0.5, 0.6) is 0 Å². The lowest BCUT2D eigenvalue weighted by molar-refractivity contribution is -0.175. The third kappa shape index (κ3) is 0.998. The Hall–Kier alpha value is -1.31. The molecule has 1 aromatic carbocycles. The van der Waals surface area contributed by atoms with Crippen LogP contribution in [0.3, 0.4) is 0 Å². The number of fused-ring (bicyclic) bond motifs is 3. The summed E-state index contributed by atoms with van der Waals surface area (Å²) < 4.78 is 5.09. The smallest absolute Gasteiger partial charge is 0.313 e. The molecule has 0 radical (unpaired) electrons. The molecule has 2 heteroatoms. The molecule has 3 atom stereocenters. The van der Waals surface area contributed by atoms with Crippen LogP contribution in [-0.4, -0.2) is 13.1 Å². The summed E-state index contributed by atoms with van der Waals surface area (Å²) in [5.74, 6) is 0.377. The molecule has 0 aliphatic heterocycles. The lowest BCUT2D eigenvalue weighted by atomic mass is 9.45. The van der Waals surface area contributed by atoms with Crippen molar-refractivity contribution >= 4 is 5.97 Å². The van der Waals surface area contributed by atoms with Crippen molar-refractivity contribution in [3.63, 3.8) is 0 Å². The maximum atomic E-state index is 12.3. The van der Waals surface area contributed by atoms with Crippen LogP contribution in [-0.2, 0) is 21.4 Å². The van der Waals surface area contributed by atoms with Crippen LogP contribution in [0.4, 0.5) is 0 Å². The summed E-state index contributed by atoms with van der Waals surface area (Å²) in [5.41, 5.74) is 2.34. The van der Waals surface area contributed by atoms with E-state index in [-0.39, 0.29) is 16.8 Å². The predicted octanol–water partition coefficient (Wildman–Crippen LogP) is 2.70. The Morgan fingerprint density at radius 2 is 2.12 bits per heavy atom. The summed E-state index contributed by atoms with van der Waals surface area (Å²) in [6.07, 6.45) is 1.92. The number of carbonyl (C=O) groups excluding carboxylic acids is 1. The van der Waals surface area contributed by atoms with Gasteiger partial charge in [0, 0.05) is 5.41 Å². The number of rotatable bonds is 1. The van der Waals surface area contributed by atoms with Crippen LogP contribution in [0.2, 0.25) is 0 Å². The molecule has 1 saturated carbocycles. The van der Waals surface area contributed by atoms with Gasteiger partial charge in [-0.2, -0.15) is 0 Å². The zero-order valence-corrected chi connectivity index (χ0v) is 10.6. The van der Waals surface area contributed by atoms with Crippen molar-refractivity contribution in [3.8, 4) is 0 Å². The lowest BCUT2D eigenvalue weighted by Gasteiger charge is -2.57. The van der Waals surface area contributed by atoms with E-state index in [1.165, 1.54) is 18.2 Å². The highest BCUT2D eigenvalue weighted by molar-refractivity contribution is 5.84. The number of hydrogen-bond donors (Lipinski definition) is 0. The summed E-state index contributed by atoms with van der Waals surface area (Å²) >= 11 is 0. The van der Waals surface area contributed by atoms with Crippen LogP contribution in [0, 0.1) is 11.3 Å². The first-order chi connectivity index (χ1) is 8.06. The van der Waals surface area contributed by atoms with E-state index in [9.17, 15) is 4.79 Å². The van der Waals surface area contributed by atoms with Gasteiger partial charge in [0.15, 0.2) is 0 Å². The summed E-state index contributed by atoms with van der Waals surface area (Å²) in [4.78, 5) is 12.3. The standard InChI is InChI=1S/C15H18O2/c1-10-8-14(2)12-7-5-4-6-11(12)9-15(10,14)13(16)17-3/h4-7,10H,8-9H2,1-3H3/t10-,14+,15+/m0/s1. The lowest BCUT2D eigenvalue weighted by Crippen LogP contribution is -2.61. The molecule has 0 N–H and O–H groups in total. The number of methoxy groups -OCH3 is 1. The zero-order chi connectivity index (χ0) is 12.3. The highest BCUT2D eigenvalue weighted by Gasteiger charge is 2.70. The topological polar surface area (TPSA) is 26.3 Å². The van der Waals surface area contributed by atoms with Crippen molar-refractivity contribution in [2.75, 3.05) is 7.11 Å². The van der Waals surface area contributed by atoms with Crippen molar-refractivity contribution in [3.05, 3.63) is 35.4 Å². The van der Waals surface area contributed by atoms with Crippen molar-refractivity contribution in [2.45, 2.75) is 32.1 Å². The van der Waals surface area contributed by atoms with Gasteiger partial charge in [-0.05, 0) is 29.9 Å². The van der Waals surface area contributed by atoms with Gasteiger partial charge in [-0.15, -0.1) is 0 Å². The van der Waals surface area contributed by atoms with E-state index in [0.29, 0.717) is 5.92 Å². The molecule has 2 nitrogen and oxygen atoms in total. The van der Waals surface area contributed by atoms with Crippen LogP contribution in [0.15, 0.2) is 24.3 Å². The second kappa shape index (κ2) is 3.12. The predicted molar refractivity (Wildman–Crippen MR) is 65.7 cm³/mol. The molecular formula is C15H18O2. The average Bonchev–Trinajstić information content (AvgIpc) is 2.54. The monoisotopic (exact) mass is 230 g/mol. The Morgan fingerprint density at radius 3 is 2.76 bits per heavy atom. The van der Waals surface area contributed by atoms with Crippen LogP contribution < -0.4 is 0 Å². The Labute approximate surface area is 102 Å². The fourth-order valence-corrected chi connectivity index (χ4v) is 4.29. The Bertz CT molecular complexity index is 493. The minimum Gasteiger partial charge on any atom is -0.469 e. The van der Waals surface area contributed by atoms with Gasteiger partial charge >= 0.3 is 5.97 Å². The molecule has 3 rings (SSSR count). The van der Waals surface area contributed by atoms with Gasteiger partial charge in [-0.3, -0.25) is 4.79 Å². The summed E-state index contributed by atoms with van der Waals surface area (Å²) in [6.45, 7) is 4.39. The maximum Gasteiger partial charge on any atom is 0.313 e. The van der Waals surface area contributed by atoms with Gasteiger partial charge in [0.2, 0.25) is 0 Å². The van der Waals surface area contributed by atoms with Gasteiger partial charge < -0.3 is 4.74 Å². The van der Waals surface area contributed by atoms with E-state index < -0.39 is 0 Å². The van der Waals surface area contributed by atoms with E-state index >= 15 is 0 Å². The summed E-state index contributed by atoms with van der Waals surface area (Å²) in [5, 5.41) is 0. The molecule has 0 spiro atoms. The molecule has 0 bridgehead atoms. The number of carbonyl (C=O) groups is 1. The number of hydrogen-bond acceptors (Lipinski definition) is 2. The van der Waals surface area contributed by atoms with Crippen molar-refractivity contribution < 1.29 is 9.53 Å². The molecule has 1 fully saturated rings. The molecule has 2 aliphatic rings.